The van der Waals surface area contributed by atoms with Gasteiger partial charge in [-0.05, 0) is 23.6 Å². The Balaban J connectivity index is 2.44. The van der Waals surface area contributed by atoms with Gasteiger partial charge in [0.2, 0.25) is 0 Å². The number of nitrogens with one attached hydrogen (secondary N) is 1. The Morgan fingerprint density at radius 3 is 2.69 bits per heavy atom. The highest BCUT2D eigenvalue weighted by Crippen LogP contribution is 2.25. The van der Waals surface area contributed by atoms with Gasteiger partial charge in [-0.2, -0.15) is 0 Å². The van der Waals surface area contributed by atoms with Crippen LogP contribution in [0, 0.1) is 5.82 Å². The minimum Gasteiger partial charge on any atom is -0.379 e. The summed E-state index contributed by atoms with van der Waals surface area (Å²) in [6.07, 6.45) is 0. The molecule has 1 aromatic carbocycles. The van der Waals surface area contributed by atoms with E-state index in [1.807, 2.05) is 0 Å². The molecule has 0 aliphatic heterocycles. The van der Waals surface area contributed by atoms with E-state index in [1.165, 1.54) is 23.5 Å². The maximum Gasteiger partial charge on any atom is 0.198 e. The molecule has 16 heavy (non-hydrogen) atoms. The van der Waals surface area contributed by atoms with E-state index < -0.39 is 5.82 Å². The topological polar surface area (TPSA) is 29.1 Å². The fourth-order valence-corrected chi connectivity index (χ4v) is 2.22. The van der Waals surface area contributed by atoms with Gasteiger partial charge in [0.1, 0.15) is 5.82 Å². The van der Waals surface area contributed by atoms with Gasteiger partial charge in [-0.1, -0.05) is 12.1 Å². The second-order valence-electron chi connectivity index (χ2n) is 3.22. The van der Waals surface area contributed by atoms with E-state index in [-0.39, 0.29) is 11.3 Å². The Morgan fingerprint density at radius 1 is 1.25 bits per heavy atom. The number of ketones is 1. The molecule has 0 amide bonds. The molecular formula is C12H10FNOS. The first kappa shape index (κ1) is 10.8. The summed E-state index contributed by atoms with van der Waals surface area (Å²) in [5.41, 5.74) is 0.620. The van der Waals surface area contributed by atoms with Crippen molar-refractivity contribution in [1.29, 1.82) is 0 Å². The van der Waals surface area contributed by atoms with Crippen LogP contribution in [0.25, 0.3) is 0 Å². The van der Waals surface area contributed by atoms with E-state index in [0.717, 1.165) is 5.00 Å². The number of rotatable bonds is 3. The minimum absolute atomic E-state index is 0.109. The largest absolute Gasteiger partial charge is 0.379 e. The number of benzene rings is 1. The molecule has 0 radical (unpaired) electrons. The lowest BCUT2D eigenvalue weighted by molar-refractivity contribution is 0.103. The fourth-order valence-electron chi connectivity index (χ4n) is 1.47. The van der Waals surface area contributed by atoms with Crippen LogP contribution < -0.4 is 5.32 Å². The van der Waals surface area contributed by atoms with Crippen molar-refractivity contribution >= 4 is 22.1 Å². The molecule has 0 saturated carbocycles. The van der Waals surface area contributed by atoms with E-state index in [9.17, 15) is 9.18 Å². The van der Waals surface area contributed by atoms with Crippen molar-refractivity contribution in [3.05, 3.63) is 52.7 Å². The zero-order valence-electron chi connectivity index (χ0n) is 8.66. The summed E-state index contributed by atoms with van der Waals surface area (Å²) in [5.74, 6) is -0.774. The zero-order valence-corrected chi connectivity index (χ0v) is 9.48. The van der Waals surface area contributed by atoms with Gasteiger partial charge in [-0.3, -0.25) is 4.79 Å². The third-order valence-electron chi connectivity index (χ3n) is 2.26. The highest BCUT2D eigenvalue weighted by Gasteiger charge is 2.17. The van der Waals surface area contributed by atoms with Gasteiger partial charge in [0.25, 0.3) is 0 Å². The van der Waals surface area contributed by atoms with E-state index in [2.05, 4.69) is 5.32 Å². The van der Waals surface area contributed by atoms with Crippen LogP contribution in [0.4, 0.5) is 9.39 Å². The number of carbonyl (C=O) groups is 1. The van der Waals surface area contributed by atoms with Gasteiger partial charge in [-0.25, -0.2) is 4.39 Å². The van der Waals surface area contributed by atoms with Crippen LogP contribution in [-0.4, -0.2) is 12.8 Å². The molecule has 1 heterocycles. The van der Waals surface area contributed by atoms with Gasteiger partial charge in [0.05, 0.1) is 16.1 Å². The highest BCUT2D eigenvalue weighted by molar-refractivity contribution is 7.14. The van der Waals surface area contributed by atoms with Crippen molar-refractivity contribution in [2.75, 3.05) is 12.4 Å². The van der Waals surface area contributed by atoms with E-state index >= 15 is 0 Å². The van der Waals surface area contributed by atoms with Crippen molar-refractivity contribution in [3.8, 4) is 0 Å². The number of hydrogen-bond acceptors (Lipinski definition) is 3. The van der Waals surface area contributed by atoms with Crippen molar-refractivity contribution in [2.24, 2.45) is 0 Å². The van der Waals surface area contributed by atoms with Crippen LogP contribution in [0.1, 0.15) is 15.9 Å². The zero-order chi connectivity index (χ0) is 11.5. The Hall–Kier alpha value is -1.68. The van der Waals surface area contributed by atoms with Crippen molar-refractivity contribution in [3.63, 3.8) is 0 Å². The van der Waals surface area contributed by atoms with Gasteiger partial charge in [0.15, 0.2) is 5.78 Å². The molecule has 2 aromatic rings. The van der Waals surface area contributed by atoms with Crippen LogP contribution in [0.2, 0.25) is 0 Å². The van der Waals surface area contributed by atoms with E-state index in [4.69, 9.17) is 0 Å². The summed E-state index contributed by atoms with van der Waals surface area (Å²) in [6, 6.07) is 7.71. The van der Waals surface area contributed by atoms with Crippen LogP contribution in [-0.2, 0) is 0 Å². The van der Waals surface area contributed by atoms with Crippen molar-refractivity contribution in [2.45, 2.75) is 0 Å². The van der Waals surface area contributed by atoms with Gasteiger partial charge in [-0.15, -0.1) is 11.3 Å². The number of hydrogen-bond donors (Lipinski definition) is 1. The summed E-state index contributed by atoms with van der Waals surface area (Å²) < 4.78 is 13.4. The predicted molar refractivity (Wildman–Crippen MR) is 63.7 cm³/mol. The number of halogens is 1. The third-order valence-corrected chi connectivity index (χ3v) is 3.19. The third kappa shape index (κ3) is 1.84. The van der Waals surface area contributed by atoms with Gasteiger partial charge < -0.3 is 5.32 Å². The standard InChI is InChI=1S/C12H10FNOS/c1-14-12-9(6-7-16-12)11(15)8-4-2-3-5-10(8)13/h2-7,14H,1H3. The van der Waals surface area contributed by atoms with E-state index in [1.54, 1.807) is 30.6 Å². The average molecular weight is 235 g/mol. The van der Waals surface area contributed by atoms with Crippen molar-refractivity contribution < 1.29 is 9.18 Å². The van der Waals surface area contributed by atoms with Gasteiger partial charge >= 0.3 is 0 Å². The Bertz CT molecular complexity index is 521. The lowest BCUT2D eigenvalue weighted by atomic mass is 10.1. The molecule has 1 aromatic heterocycles. The first-order chi connectivity index (χ1) is 7.74. The molecule has 2 nitrogen and oxygen atoms in total. The maximum atomic E-state index is 13.4. The monoisotopic (exact) mass is 235 g/mol. The summed E-state index contributed by atoms with van der Waals surface area (Å²) in [7, 11) is 1.74. The predicted octanol–water partition coefficient (Wildman–Crippen LogP) is 3.16. The Kier molecular flexibility index (Phi) is 3.01. The molecule has 0 unspecified atom stereocenters. The summed E-state index contributed by atoms with van der Waals surface area (Å²) in [5, 5.41) is 5.48. The van der Waals surface area contributed by atoms with Crippen LogP contribution >= 0.6 is 11.3 Å². The second kappa shape index (κ2) is 4.45. The fraction of sp³-hybridized carbons (Fsp3) is 0.0833. The molecule has 0 atom stereocenters. The first-order valence-electron chi connectivity index (χ1n) is 4.78. The number of carbonyl (C=O) groups excluding carboxylic acids is 1. The molecule has 0 spiro atoms. The van der Waals surface area contributed by atoms with Crippen LogP contribution in [0.15, 0.2) is 35.7 Å². The summed E-state index contributed by atoms with van der Waals surface area (Å²) in [6.45, 7) is 0. The maximum absolute atomic E-state index is 13.4. The van der Waals surface area contributed by atoms with E-state index in [0.29, 0.717) is 5.56 Å². The lowest BCUT2D eigenvalue weighted by Crippen LogP contribution is -2.05. The lowest BCUT2D eigenvalue weighted by Gasteiger charge is -2.03. The van der Waals surface area contributed by atoms with Crippen LogP contribution in [0.3, 0.4) is 0 Å². The molecular weight excluding hydrogens is 225 g/mol. The van der Waals surface area contributed by atoms with Gasteiger partial charge in [0, 0.05) is 7.05 Å². The number of anilines is 1. The molecule has 0 saturated heterocycles. The Labute approximate surface area is 96.7 Å². The molecule has 82 valence electrons. The highest BCUT2D eigenvalue weighted by atomic mass is 32.1. The smallest absolute Gasteiger partial charge is 0.198 e. The molecule has 0 aliphatic rings. The molecule has 1 N–H and O–H groups in total. The van der Waals surface area contributed by atoms with Crippen LogP contribution in [0.5, 0.6) is 0 Å². The molecule has 4 heteroatoms. The average Bonchev–Trinajstić information content (AvgIpc) is 2.77. The molecule has 0 fully saturated rings. The first-order valence-corrected chi connectivity index (χ1v) is 5.66. The minimum atomic E-state index is -0.485. The molecule has 0 bridgehead atoms. The molecule has 0 aliphatic carbocycles. The quantitative estimate of drug-likeness (QED) is 0.828. The Morgan fingerprint density at radius 2 is 2.00 bits per heavy atom. The summed E-state index contributed by atoms with van der Waals surface area (Å²) >= 11 is 1.42. The number of thiophene rings is 1. The SMILES string of the molecule is CNc1sccc1C(=O)c1ccccc1F. The second-order valence-corrected chi connectivity index (χ2v) is 4.14. The molecule has 2 rings (SSSR count). The normalized spacial score (nSPS) is 10.1. The van der Waals surface area contributed by atoms with Crippen molar-refractivity contribution in [1.82, 2.24) is 0 Å². The summed E-state index contributed by atoms with van der Waals surface area (Å²) in [4.78, 5) is 12.0.